The van der Waals surface area contributed by atoms with Gasteiger partial charge in [-0.3, -0.25) is 0 Å². The molecule has 2 N–H and O–H groups in total. The van der Waals surface area contributed by atoms with Gasteiger partial charge in [0.2, 0.25) is 15.8 Å². The topological polar surface area (TPSA) is 108 Å². The molecule has 2 rings (SSSR count). The summed E-state index contributed by atoms with van der Waals surface area (Å²) in [4.78, 5) is 10.5. The van der Waals surface area contributed by atoms with Gasteiger partial charge in [0, 0.05) is 18.7 Å². The van der Waals surface area contributed by atoms with Crippen LogP contribution in [0.15, 0.2) is 20.0 Å². The summed E-state index contributed by atoms with van der Waals surface area (Å²) in [6.45, 7) is -0.315. The molecule has 1 aliphatic carbocycles. The molecule has 0 aliphatic heterocycles. The average Bonchev–Trinajstić information content (AvgIpc) is 3.07. The summed E-state index contributed by atoms with van der Waals surface area (Å²) in [6, 6.07) is 0.835. The fraction of sp³-hybridized carbons (Fsp3) is 0.500. The maximum absolute atomic E-state index is 12.4. The second-order valence-electron chi connectivity index (χ2n) is 4.12. The zero-order valence-electron chi connectivity index (χ0n) is 9.74. The minimum Gasteiger partial charge on any atom is -0.475 e. The third-order valence-electron chi connectivity index (χ3n) is 2.73. The third kappa shape index (κ3) is 2.83. The Labute approximate surface area is 118 Å². The summed E-state index contributed by atoms with van der Waals surface area (Å²) in [6.07, 6.45) is 1.47. The highest BCUT2D eigenvalue weighted by Crippen LogP contribution is 2.35. The molecule has 0 atom stereocenters. The van der Waals surface area contributed by atoms with E-state index in [0.29, 0.717) is 0 Å². The number of halogens is 1. The number of aliphatic hydroxyl groups is 1. The number of carboxylic acids is 1. The summed E-state index contributed by atoms with van der Waals surface area (Å²) < 4.78 is 30.7. The summed E-state index contributed by atoms with van der Waals surface area (Å²) in [5.74, 6) is -1.80. The van der Waals surface area contributed by atoms with E-state index in [9.17, 15) is 13.2 Å². The lowest BCUT2D eigenvalue weighted by Gasteiger charge is -2.19. The molecule has 1 saturated carbocycles. The Hall–Kier alpha value is -0.900. The molecule has 1 heterocycles. The number of sulfonamides is 1. The highest BCUT2D eigenvalue weighted by atomic mass is 79.9. The van der Waals surface area contributed by atoms with Crippen molar-refractivity contribution < 1.29 is 27.8 Å². The Morgan fingerprint density at radius 1 is 1.53 bits per heavy atom. The molecule has 0 amide bonds. The monoisotopic (exact) mass is 353 g/mol. The van der Waals surface area contributed by atoms with Crippen LogP contribution in [0, 0.1) is 0 Å². The van der Waals surface area contributed by atoms with Crippen molar-refractivity contribution >= 4 is 31.9 Å². The molecule has 19 heavy (non-hydrogen) atoms. The molecule has 0 bridgehead atoms. The molecule has 1 aliphatic rings. The van der Waals surface area contributed by atoms with Crippen LogP contribution in [0.5, 0.6) is 0 Å². The predicted molar refractivity (Wildman–Crippen MR) is 67.4 cm³/mol. The molecule has 9 heteroatoms. The number of aliphatic hydroxyl groups excluding tert-OH is 1. The van der Waals surface area contributed by atoms with Gasteiger partial charge in [0.15, 0.2) is 4.67 Å². The molecule has 0 saturated heterocycles. The van der Waals surface area contributed by atoms with Crippen LogP contribution in [-0.2, 0) is 10.0 Å². The van der Waals surface area contributed by atoms with E-state index in [4.69, 9.17) is 14.6 Å². The molecule has 1 fully saturated rings. The number of furan rings is 1. The number of carbonyl (C=O) groups is 1. The molecule has 0 aromatic carbocycles. The fourth-order valence-electron chi connectivity index (χ4n) is 1.72. The smallest absolute Gasteiger partial charge is 0.371 e. The molecule has 1 aromatic heterocycles. The van der Waals surface area contributed by atoms with Gasteiger partial charge in [-0.1, -0.05) is 0 Å². The summed E-state index contributed by atoms with van der Waals surface area (Å²) >= 11 is 2.91. The standard InChI is InChI=1S/C10H12BrNO6S/c11-9-8(5-7(18-9)10(14)15)19(16,17)12(3-4-13)6-1-2-6/h5-6,13H,1-4H2,(H,14,15). The Balaban J connectivity index is 2.40. The van der Waals surface area contributed by atoms with Crippen LogP contribution in [0.4, 0.5) is 0 Å². The third-order valence-corrected chi connectivity index (χ3v) is 5.54. The average molecular weight is 354 g/mol. The van der Waals surface area contributed by atoms with Crippen LogP contribution in [0.25, 0.3) is 0 Å². The van der Waals surface area contributed by atoms with E-state index in [1.807, 2.05) is 0 Å². The Bertz CT molecular complexity index is 591. The van der Waals surface area contributed by atoms with Crippen molar-refractivity contribution in [2.75, 3.05) is 13.2 Å². The van der Waals surface area contributed by atoms with Crippen LogP contribution >= 0.6 is 15.9 Å². The van der Waals surface area contributed by atoms with Gasteiger partial charge in [-0.15, -0.1) is 0 Å². The van der Waals surface area contributed by atoms with Crippen molar-refractivity contribution in [2.45, 2.75) is 23.8 Å². The Kier molecular flexibility index (Phi) is 4.00. The van der Waals surface area contributed by atoms with Gasteiger partial charge in [-0.05, 0) is 28.8 Å². The summed E-state index contributed by atoms with van der Waals surface area (Å²) in [5, 5.41) is 17.7. The van der Waals surface area contributed by atoms with Crippen molar-refractivity contribution in [3.63, 3.8) is 0 Å². The molecule has 1 aromatic rings. The van der Waals surface area contributed by atoms with E-state index in [0.717, 1.165) is 18.9 Å². The summed E-state index contributed by atoms with van der Waals surface area (Å²) in [7, 11) is -3.87. The number of aromatic carboxylic acids is 1. The lowest BCUT2D eigenvalue weighted by molar-refractivity contribution is 0.0661. The molecule has 106 valence electrons. The minimum atomic E-state index is -3.87. The van der Waals surface area contributed by atoms with Crippen LogP contribution in [0.2, 0.25) is 0 Å². The molecule has 0 spiro atoms. The van der Waals surface area contributed by atoms with Gasteiger partial charge in [0.05, 0.1) is 6.61 Å². The Morgan fingerprint density at radius 2 is 2.16 bits per heavy atom. The first kappa shape index (κ1) is 14.5. The zero-order chi connectivity index (χ0) is 14.2. The highest BCUT2D eigenvalue weighted by molar-refractivity contribution is 9.10. The molecule has 0 radical (unpaired) electrons. The Morgan fingerprint density at radius 3 is 2.58 bits per heavy atom. The van der Waals surface area contributed by atoms with Gasteiger partial charge < -0.3 is 14.6 Å². The minimum absolute atomic E-state index is 0.0208. The van der Waals surface area contributed by atoms with E-state index in [2.05, 4.69) is 15.9 Å². The number of nitrogens with zero attached hydrogens (tertiary/aromatic N) is 1. The van der Waals surface area contributed by atoms with E-state index in [1.165, 1.54) is 4.31 Å². The molecule has 7 nitrogen and oxygen atoms in total. The maximum atomic E-state index is 12.4. The van der Waals surface area contributed by atoms with Gasteiger partial charge in [-0.2, -0.15) is 4.31 Å². The lowest BCUT2D eigenvalue weighted by Crippen LogP contribution is -2.35. The first-order valence-electron chi connectivity index (χ1n) is 5.53. The van der Waals surface area contributed by atoms with Crippen molar-refractivity contribution in [1.82, 2.24) is 4.31 Å². The SMILES string of the molecule is O=C(O)c1cc(S(=O)(=O)N(CCO)C2CC2)c(Br)o1. The van der Waals surface area contributed by atoms with E-state index in [-0.39, 0.29) is 28.8 Å². The van der Waals surface area contributed by atoms with Gasteiger partial charge in [-0.25, -0.2) is 13.2 Å². The first-order chi connectivity index (χ1) is 8.87. The first-order valence-corrected chi connectivity index (χ1v) is 7.76. The number of carboxylic acid groups (broad SMARTS) is 1. The van der Waals surface area contributed by atoms with Crippen LogP contribution in [-0.4, -0.2) is 48.1 Å². The molecule has 0 unspecified atom stereocenters. The molecular weight excluding hydrogens is 342 g/mol. The number of rotatable bonds is 6. The lowest BCUT2D eigenvalue weighted by atomic mass is 10.5. The van der Waals surface area contributed by atoms with E-state index in [1.54, 1.807) is 0 Å². The molecular formula is C10H12BrNO6S. The number of hydrogen-bond acceptors (Lipinski definition) is 5. The van der Waals surface area contributed by atoms with Crippen molar-refractivity contribution in [1.29, 1.82) is 0 Å². The van der Waals surface area contributed by atoms with E-state index < -0.39 is 21.8 Å². The highest BCUT2D eigenvalue weighted by Gasteiger charge is 2.39. The number of hydrogen-bond donors (Lipinski definition) is 2. The largest absolute Gasteiger partial charge is 0.475 e. The predicted octanol–water partition coefficient (Wildman–Crippen LogP) is 0.886. The normalized spacial score (nSPS) is 15.9. The van der Waals surface area contributed by atoms with Crippen molar-refractivity contribution in [3.05, 3.63) is 16.5 Å². The van der Waals surface area contributed by atoms with Crippen molar-refractivity contribution in [2.24, 2.45) is 0 Å². The second kappa shape index (κ2) is 5.23. The van der Waals surface area contributed by atoms with Crippen LogP contribution in [0.1, 0.15) is 23.4 Å². The summed E-state index contributed by atoms with van der Waals surface area (Å²) in [5.41, 5.74) is 0. The van der Waals surface area contributed by atoms with Gasteiger partial charge >= 0.3 is 5.97 Å². The van der Waals surface area contributed by atoms with Crippen LogP contribution in [0.3, 0.4) is 0 Å². The van der Waals surface area contributed by atoms with E-state index >= 15 is 0 Å². The van der Waals surface area contributed by atoms with Crippen molar-refractivity contribution in [3.8, 4) is 0 Å². The maximum Gasteiger partial charge on any atom is 0.371 e. The fourth-order valence-corrected chi connectivity index (χ4v) is 4.30. The van der Waals surface area contributed by atoms with Gasteiger partial charge in [0.1, 0.15) is 4.90 Å². The van der Waals surface area contributed by atoms with Crippen LogP contribution < -0.4 is 0 Å². The second-order valence-corrected chi connectivity index (χ2v) is 6.70. The zero-order valence-corrected chi connectivity index (χ0v) is 12.1. The van der Waals surface area contributed by atoms with Gasteiger partial charge in [0.25, 0.3) is 0 Å². The quantitative estimate of drug-likeness (QED) is 0.785.